The van der Waals surface area contributed by atoms with Crippen molar-refractivity contribution in [3.8, 4) is 0 Å². The van der Waals surface area contributed by atoms with Gasteiger partial charge in [0.05, 0.1) is 21.3 Å². The van der Waals surface area contributed by atoms with Gasteiger partial charge in [-0.2, -0.15) is 0 Å². The molecule has 0 amide bonds. The number of fused-ring (bicyclic) bond motifs is 1. The first-order valence-corrected chi connectivity index (χ1v) is 9.63. The first-order chi connectivity index (χ1) is 9.88. The number of hydrogen-bond donors (Lipinski definition) is 0. The molecule has 2 rings (SSSR count). The van der Waals surface area contributed by atoms with Gasteiger partial charge in [-0.05, 0) is 22.0 Å². The van der Waals surface area contributed by atoms with Crippen LogP contribution in [0.4, 0.5) is 4.39 Å². The third kappa shape index (κ3) is 3.76. The van der Waals surface area contributed by atoms with Gasteiger partial charge < -0.3 is 4.57 Å². The maximum absolute atomic E-state index is 13.6. The largest absolute Gasteiger partial charge is 0.327 e. The predicted molar refractivity (Wildman–Crippen MR) is 86.1 cm³/mol. The third-order valence-electron chi connectivity index (χ3n) is 3.25. The zero-order valence-corrected chi connectivity index (χ0v) is 14.6. The van der Waals surface area contributed by atoms with Crippen molar-refractivity contribution in [1.82, 2.24) is 9.55 Å². The van der Waals surface area contributed by atoms with Crippen molar-refractivity contribution in [3.05, 3.63) is 28.2 Å². The number of aryl methyl sites for hydroxylation is 2. The molecular weight excluding hydrogens is 383 g/mol. The normalized spacial score (nSPS) is 12.2. The maximum Gasteiger partial charge on any atom is 0.151 e. The number of imidazole rings is 1. The molecule has 0 saturated carbocycles. The second-order valence-electron chi connectivity index (χ2n) is 4.61. The zero-order valence-electron chi connectivity index (χ0n) is 11.4. The molecule has 1 heterocycles. The number of rotatable bonds is 6. The second-order valence-corrected chi connectivity index (χ2v) is 8.32. The standard InChI is InChI=1S/C13H15BrClFN2O2S/c1-2-21(19,20)6-5-18-12-7-9(14)10(16)8-11(12)17-13(18)3-4-15/h7-8H,2-6H2,1H3. The molecule has 1 aromatic carbocycles. The van der Waals surface area contributed by atoms with Gasteiger partial charge in [-0.1, -0.05) is 6.92 Å². The topological polar surface area (TPSA) is 52.0 Å². The molecular formula is C13H15BrClFN2O2S. The van der Waals surface area contributed by atoms with Crippen molar-refractivity contribution in [1.29, 1.82) is 0 Å². The molecule has 8 heteroatoms. The van der Waals surface area contributed by atoms with E-state index in [4.69, 9.17) is 11.6 Å². The van der Waals surface area contributed by atoms with Gasteiger partial charge in [0.2, 0.25) is 0 Å². The summed E-state index contributed by atoms with van der Waals surface area (Å²) in [6.45, 7) is 1.91. The average Bonchev–Trinajstić information content (AvgIpc) is 2.75. The number of alkyl halides is 1. The van der Waals surface area contributed by atoms with Gasteiger partial charge in [-0.3, -0.25) is 0 Å². The minimum atomic E-state index is -3.08. The van der Waals surface area contributed by atoms with E-state index in [0.717, 1.165) is 0 Å². The van der Waals surface area contributed by atoms with Crippen LogP contribution in [0.5, 0.6) is 0 Å². The minimum Gasteiger partial charge on any atom is -0.327 e. The molecule has 0 fully saturated rings. The van der Waals surface area contributed by atoms with E-state index in [9.17, 15) is 12.8 Å². The zero-order chi connectivity index (χ0) is 15.6. The fourth-order valence-corrected chi connectivity index (χ4v) is 3.32. The molecule has 0 aliphatic carbocycles. The van der Waals surface area contributed by atoms with Crippen LogP contribution in [0.3, 0.4) is 0 Å². The van der Waals surface area contributed by atoms with Crippen LogP contribution in [0.1, 0.15) is 12.7 Å². The van der Waals surface area contributed by atoms with Crippen LogP contribution >= 0.6 is 27.5 Å². The van der Waals surface area contributed by atoms with Gasteiger partial charge in [0.15, 0.2) is 9.84 Å². The summed E-state index contributed by atoms with van der Waals surface area (Å²) in [5, 5.41) is 0. The quantitative estimate of drug-likeness (QED) is 0.704. The lowest BCUT2D eigenvalue weighted by Crippen LogP contribution is -2.16. The summed E-state index contributed by atoms with van der Waals surface area (Å²) < 4.78 is 39.1. The van der Waals surface area contributed by atoms with E-state index < -0.39 is 15.7 Å². The lowest BCUT2D eigenvalue weighted by Gasteiger charge is -2.08. The summed E-state index contributed by atoms with van der Waals surface area (Å²) in [6.07, 6.45) is 0.502. The number of halogens is 3. The molecule has 0 saturated heterocycles. The van der Waals surface area contributed by atoms with E-state index in [1.807, 2.05) is 0 Å². The summed E-state index contributed by atoms with van der Waals surface area (Å²) in [5.74, 6) is 0.768. The van der Waals surface area contributed by atoms with Crippen LogP contribution in [0.15, 0.2) is 16.6 Å². The lowest BCUT2D eigenvalue weighted by molar-refractivity contribution is 0.589. The Hall–Kier alpha value is -0.660. The van der Waals surface area contributed by atoms with Crippen molar-refractivity contribution >= 4 is 48.4 Å². The van der Waals surface area contributed by atoms with Gasteiger partial charge in [0.25, 0.3) is 0 Å². The Balaban J connectivity index is 2.48. The number of aromatic nitrogens is 2. The third-order valence-corrected chi connectivity index (χ3v) is 5.73. The van der Waals surface area contributed by atoms with Gasteiger partial charge in [0, 0.05) is 30.7 Å². The highest BCUT2D eigenvalue weighted by Gasteiger charge is 2.15. The second kappa shape index (κ2) is 6.62. The number of benzene rings is 1. The average molecular weight is 398 g/mol. The van der Waals surface area contributed by atoms with Crippen molar-refractivity contribution in [2.45, 2.75) is 19.9 Å². The van der Waals surface area contributed by atoms with Crippen LogP contribution in [0.2, 0.25) is 0 Å². The number of sulfone groups is 1. The number of nitrogens with zero attached hydrogens (tertiary/aromatic N) is 2. The van der Waals surface area contributed by atoms with E-state index in [-0.39, 0.29) is 18.1 Å². The van der Waals surface area contributed by atoms with E-state index in [1.54, 1.807) is 17.6 Å². The van der Waals surface area contributed by atoms with E-state index >= 15 is 0 Å². The Morgan fingerprint density at radius 1 is 1.43 bits per heavy atom. The lowest BCUT2D eigenvalue weighted by atomic mass is 10.3. The van der Waals surface area contributed by atoms with Crippen molar-refractivity contribution in [2.24, 2.45) is 0 Å². The Morgan fingerprint density at radius 2 is 2.14 bits per heavy atom. The molecule has 2 aromatic rings. The molecule has 0 N–H and O–H groups in total. The molecule has 0 aliphatic rings. The van der Waals surface area contributed by atoms with E-state index in [0.29, 0.717) is 33.6 Å². The predicted octanol–water partition coefficient (Wildman–Crippen LogP) is 3.15. The Morgan fingerprint density at radius 3 is 2.76 bits per heavy atom. The van der Waals surface area contributed by atoms with E-state index in [1.165, 1.54) is 6.07 Å². The maximum atomic E-state index is 13.6. The van der Waals surface area contributed by atoms with Crippen LogP contribution in [0.25, 0.3) is 11.0 Å². The molecule has 1 aromatic heterocycles. The van der Waals surface area contributed by atoms with Crippen molar-refractivity contribution < 1.29 is 12.8 Å². The summed E-state index contributed by atoms with van der Waals surface area (Å²) in [7, 11) is -3.08. The highest BCUT2D eigenvalue weighted by Crippen LogP contribution is 2.24. The highest BCUT2D eigenvalue weighted by molar-refractivity contribution is 9.10. The highest BCUT2D eigenvalue weighted by atomic mass is 79.9. The van der Waals surface area contributed by atoms with Crippen LogP contribution in [0, 0.1) is 5.82 Å². The van der Waals surface area contributed by atoms with Crippen LogP contribution in [-0.4, -0.2) is 35.4 Å². The summed E-state index contributed by atoms with van der Waals surface area (Å²) in [5.41, 5.74) is 1.21. The van der Waals surface area contributed by atoms with Gasteiger partial charge >= 0.3 is 0 Å². The van der Waals surface area contributed by atoms with Crippen molar-refractivity contribution in [2.75, 3.05) is 17.4 Å². The number of hydrogen-bond acceptors (Lipinski definition) is 3. The summed E-state index contributed by atoms with van der Waals surface area (Å²) >= 11 is 8.90. The Kier molecular flexibility index (Phi) is 5.27. The molecule has 0 atom stereocenters. The minimum absolute atomic E-state index is 0.0270. The summed E-state index contributed by atoms with van der Waals surface area (Å²) in [6, 6.07) is 2.95. The Labute approximate surface area is 136 Å². The van der Waals surface area contributed by atoms with E-state index in [2.05, 4.69) is 20.9 Å². The van der Waals surface area contributed by atoms with Gasteiger partial charge in [0.1, 0.15) is 11.6 Å². The van der Waals surface area contributed by atoms with Crippen LogP contribution in [-0.2, 0) is 22.8 Å². The SMILES string of the molecule is CCS(=O)(=O)CCn1c(CCCl)nc2cc(F)c(Br)cc21. The Bertz CT molecular complexity index is 761. The van der Waals surface area contributed by atoms with Gasteiger partial charge in [-0.15, -0.1) is 11.6 Å². The molecule has 0 aliphatic heterocycles. The fourth-order valence-electron chi connectivity index (χ4n) is 2.07. The molecule has 0 unspecified atom stereocenters. The smallest absolute Gasteiger partial charge is 0.151 e. The van der Waals surface area contributed by atoms with Gasteiger partial charge in [-0.25, -0.2) is 17.8 Å². The first-order valence-electron chi connectivity index (χ1n) is 6.48. The summed E-state index contributed by atoms with van der Waals surface area (Å²) in [4.78, 5) is 4.35. The molecule has 0 spiro atoms. The molecule has 0 bridgehead atoms. The van der Waals surface area contributed by atoms with Crippen molar-refractivity contribution in [3.63, 3.8) is 0 Å². The fraction of sp³-hybridized carbons (Fsp3) is 0.462. The molecule has 0 radical (unpaired) electrons. The van der Waals surface area contributed by atoms with Crippen LogP contribution < -0.4 is 0 Å². The molecule has 21 heavy (non-hydrogen) atoms. The molecule has 116 valence electrons. The first kappa shape index (κ1) is 16.7. The molecule has 4 nitrogen and oxygen atoms in total. The monoisotopic (exact) mass is 396 g/mol.